The number of hydrogen-bond acceptors (Lipinski definition) is 5. The minimum Gasteiger partial charge on any atom is -0.439 e. The van der Waals surface area contributed by atoms with E-state index in [0.717, 1.165) is 29.6 Å². The standard InChI is InChI=1S/C25H22N4O3/c1-29-14-12-17(15-22(29)30)19-5-4-13-26-25(19)32-18-10-8-16(9-11-18)23(31)24-27-20-6-2-3-7-21(20)28-24/h2-11,13,17H,12,14-15H2,1H3,(H,27,28)/t17-/m0/s1. The van der Waals surface area contributed by atoms with Gasteiger partial charge in [-0.2, -0.15) is 0 Å². The zero-order valence-corrected chi connectivity index (χ0v) is 17.6. The molecule has 2 aromatic carbocycles. The lowest BCUT2D eigenvalue weighted by Crippen LogP contribution is -2.34. The number of aromatic amines is 1. The van der Waals surface area contributed by atoms with Crippen LogP contribution in [-0.2, 0) is 4.79 Å². The maximum atomic E-state index is 12.8. The van der Waals surface area contributed by atoms with Crippen LogP contribution < -0.4 is 4.74 Å². The number of imidazole rings is 1. The van der Waals surface area contributed by atoms with Gasteiger partial charge < -0.3 is 14.6 Å². The second-order valence-corrected chi connectivity index (χ2v) is 7.96. The summed E-state index contributed by atoms with van der Waals surface area (Å²) in [4.78, 5) is 38.6. The number of hydrogen-bond donors (Lipinski definition) is 1. The highest BCUT2D eigenvalue weighted by atomic mass is 16.5. The number of benzene rings is 2. The van der Waals surface area contributed by atoms with Crippen molar-refractivity contribution in [1.29, 1.82) is 0 Å². The predicted octanol–water partition coefficient (Wildman–Crippen LogP) is 4.32. The number of nitrogens with one attached hydrogen (secondary N) is 1. The van der Waals surface area contributed by atoms with Crippen molar-refractivity contribution in [2.75, 3.05) is 13.6 Å². The van der Waals surface area contributed by atoms with Gasteiger partial charge in [-0.25, -0.2) is 9.97 Å². The van der Waals surface area contributed by atoms with Crippen LogP contribution in [0.15, 0.2) is 66.9 Å². The third-order valence-corrected chi connectivity index (χ3v) is 5.84. The molecular weight excluding hydrogens is 404 g/mol. The second kappa shape index (κ2) is 8.26. The van der Waals surface area contributed by atoms with Gasteiger partial charge >= 0.3 is 0 Å². The van der Waals surface area contributed by atoms with E-state index in [4.69, 9.17) is 4.74 Å². The molecule has 3 heterocycles. The molecule has 1 amide bonds. The van der Waals surface area contributed by atoms with Gasteiger partial charge in [0.05, 0.1) is 11.0 Å². The molecule has 2 aromatic heterocycles. The molecule has 1 fully saturated rings. The summed E-state index contributed by atoms with van der Waals surface area (Å²) in [7, 11) is 1.83. The van der Waals surface area contributed by atoms with Crippen molar-refractivity contribution < 1.29 is 14.3 Å². The highest BCUT2D eigenvalue weighted by Crippen LogP contribution is 2.35. The molecule has 1 N–H and O–H groups in total. The summed E-state index contributed by atoms with van der Waals surface area (Å²) in [5, 5.41) is 0. The van der Waals surface area contributed by atoms with Crippen molar-refractivity contribution in [3.8, 4) is 11.6 Å². The van der Waals surface area contributed by atoms with Gasteiger partial charge in [0.2, 0.25) is 17.6 Å². The van der Waals surface area contributed by atoms with E-state index in [-0.39, 0.29) is 17.6 Å². The number of H-pyrrole nitrogens is 1. The minimum absolute atomic E-state index is 0.0799. The van der Waals surface area contributed by atoms with Crippen molar-refractivity contribution >= 4 is 22.7 Å². The Morgan fingerprint density at radius 1 is 1.09 bits per heavy atom. The zero-order chi connectivity index (χ0) is 22.1. The van der Waals surface area contributed by atoms with Gasteiger partial charge in [0.25, 0.3) is 0 Å². The van der Waals surface area contributed by atoms with Crippen LogP contribution in [0.3, 0.4) is 0 Å². The molecule has 32 heavy (non-hydrogen) atoms. The summed E-state index contributed by atoms with van der Waals surface area (Å²) in [6, 6.07) is 18.3. The largest absolute Gasteiger partial charge is 0.439 e. The van der Waals surface area contributed by atoms with Crippen molar-refractivity contribution in [2.45, 2.75) is 18.8 Å². The number of para-hydroxylation sites is 2. The van der Waals surface area contributed by atoms with E-state index < -0.39 is 0 Å². The summed E-state index contributed by atoms with van der Waals surface area (Å²) < 4.78 is 6.04. The van der Waals surface area contributed by atoms with Gasteiger partial charge in [-0.3, -0.25) is 9.59 Å². The van der Waals surface area contributed by atoms with Crippen LogP contribution in [0.5, 0.6) is 11.6 Å². The number of ether oxygens (including phenoxy) is 1. The number of amides is 1. The lowest BCUT2D eigenvalue weighted by Gasteiger charge is -2.29. The molecule has 0 bridgehead atoms. The highest BCUT2D eigenvalue weighted by molar-refractivity contribution is 6.08. The number of piperidine rings is 1. The molecule has 1 aliphatic heterocycles. The first-order valence-corrected chi connectivity index (χ1v) is 10.5. The van der Waals surface area contributed by atoms with Crippen molar-refractivity contribution in [3.63, 3.8) is 0 Å². The van der Waals surface area contributed by atoms with E-state index in [1.807, 2.05) is 43.4 Å². The zero-order valence-electron chi connectivity index (χ0n) is 17.6. The molecule has 7 heteroatoms. The Balaban J connectivity index is 1.34. The third-order valence-electron chi connectivity index (χ3n) is 5.84. The Morgan fingerprint density at radius 3 is 2.69 bits per heavy atom. The van der Waals surface area contributed by atoms with Gasteiger partial charge in [-0.05, 0) is 54.8 Å². The first kappa shape index (κ1) is 19.9. The topological polar surface area (TPSA) is 88.2 Å². The molecule has 0 saturated carbocycles. The van der Waals surface area contributed by atoms with Crippen LogP contribution in [0.25, 0.3) is 11.0 Å². The number of likely N-dealkylation sites (tertiary alicyclic amines) is 1. The minimum atomic E-state index is -0.184. The van der Waals surface area contributed by atoms with Crippen molar-refractivity contribution in [2.24, 2.45) is 0 Å². The Labute approximate surface area is 185 Å². The van der Waals surface area contributed by atoms with E-state index >= 15 is 0 Å². The maximum Gasteiger partial charge on any atom is 0.228 e. The molecule has 0 aliphatic carbocycles. The Bertz CT molecular complexity index is 1260. The normalized spacial score (nSPS) is 16.3. The molecular formula is C25H22N4O3. The smallest absolute Gasteiger partial charge is 0.228 e. The molecule has 160 valence electrons. The number of carbonyl (C=O) groups excluding carboxylic acids is 2. The van der Waals surface area contributed by atoms with Gasteiger partial charge in [0.1, 0.15) is 5.75 Å². The van der Waals surface area contributed by atoms with Crippen LogP contribution in [-0.4, -0.2) is 45.1 Å². The average molecular weight is 426 g/mol. The number of carbonyl (C=O) groups is 2. The van der Waals surface area contributed by atoms with E-state index in [9.17, 15) is 9.59 Å². The number of pyridine rings is 1. The molecule has 1 atom stereocenters. The van der Waals surface area contributed by atoms with Gasteiger partial charge in [-0.15, -0.1) is 0 Å². The average Bonchev–Trinajstić information content (AvgIpc) is 3.26. The second-order valence-electron chi connectivity index (χ2n) is 7.96. The Hall–Kier alpha value is -4.00. The summed E-state index contributed by atoms with van der Waals surface area (Å²) in [5.74, 6) is 1.40. The number of fused-ring (bicyclic) bond motifs is 1. The van der Waals surface area contributed by atoms with Crippen molar-refractivity contribution in [1.82, 2.24) is 19.9 Å². The Kier molecular flexibility index (Phi) is 5.15. The maximum absolute atomic E-state index is 12.8. The molecule has 0 radical (unpaired) electrons. The summed E-state index contributed by atoms with van der Waals surface area (Å²) in [5.41, 5.74) is 3.02. The molecule has 4 aromatic rings. The van der Waals surface area contributed by atoms with E-state index in [0.29, 0.717) is 29.4 Å². The van der Waals surface area contributed by atoms with Crippen molar-refractivity contribution in [3.05, 3.63) is 83.8 Å². The fourth-order valence-corrected chi connectivity index (χ4v) is 3.99. The lowest BCUT2D eigenvalue weighted by atomic mass is 9.90. The van der Waals surface area contributed by atoms with E-state index in [1.54, 1.807) is 35.4 Å². The molecule has 1 saturated heterocycles. The number of ketones is 1. The summed E-state index contributed by atoms with van der Waals surface area (Å²) >= 11 is 0. The molecule has 0 spiro atoms. The quantitative estimate of drug-likeness (QED) is 0.480. The van der Waals surface area contributed by atoms with Gasteiger partial charge in [0, 0.05) is 37.3 Å². The van der Waals surface area contributed by atoms with E-state index in [1.165, 1.54) is 0 Å². The number of nitrogens with zero attached hydrogens (tertiary/aromatic N) is 3. The molecule has 7 nitrogen and oxygen atoms in total. The monoisotopic (exact) mass is 426 g/mol. The van der Waals surface area contributed by atoms with Crippen LogP contribution >= 0.6 is 0 Å². The molecule has 1 aliphatic rings. The predicted molar refractivity (Wildman–Crippen MR) is 120 cm³/mol. The van der Waals surface area contributed by atoms with Gasteiger partial charge in [0.15, 0.2) is 5.82 Å². The fraction of sp³-hybridized carbons (Fsp3) is 0.200. The summed E-state index contributed by atoms with van der Waals surface area (Å²) in [6.45, 7) is 0.719. The third kappa shape index (κ3) is 3.85. The van der Waals surface area contributed by atoms with Crippen LogP contribution in [0, 0.1) is 0 Å². The fourth-order valence-electron chi connectivity index (χ4n) is 3.99. The number of aromatic nitrogens is 3. The van der Waals surface area contributed by atoms with Crippen LogP contribution in [0.1, 0.15) is 40.5 Å². The number of rotatable bonds is 5. The highest BCUT2D eigenvalue weighted by Gasteiger charge is 2.27. The van der Waals surface area contributed by atoms with Crippen LogP contribution in [0.2, 0.25) is 0 Å². The SMILES string of the molecule is CN1CC[C@H](c2cccnc2Oc2ccc(C(=O)c3nc4ccccc4[nH]3)cc2)CC1=O. The summed E-state index contributed by atoms with van der Waals surface area (Å²) in [6.07, 6.45) is 2.99. The lowest BCUT2D eigenvalue weighted by molar-refractivity contribution is -0.132. The Morgan fingerprint density at radius 2 is 1.91 bits per heavy atom. The molecule has 5 rings (SSSR count). The van der Waals surface area contributed by atoms with E-state index in [2.05, 4.69) is 15.0 Å². The first-order valence-electron chi connectivity index (χ1n) is 10.5. The van der Waals surface area contributed by atoms with Crippen LogP contribution in [0.4, 0.5) is 0 Å². The first-order chi connectivity index (χ1) is 15.6. The van der Waals surface area contributed by atoms with Gasteiger partial charge in [-0.1, -0.05) is 18.2 Å². The molecule has 0 unspecified atom stereocenters.